The third-order valence-electron chi connectivity index (χ3n) is 3.45. The van der Waals surface area contributed by atoms with Crippen molar-refractivity contribution in [2.45, 2.75) is 19.4 Å². The van der Waals surface area contributed by atoms with E-state index in [0.717, 1.165) is 0 Å². The predicted molar refractivity (Wildman–Crippen MR) is 74.5 cm³/mol. The minimum absolute atomic E-state index is 0.0731. The Hall–Kier alpha value is -1.33. The van der Waals surface area contributed by atoms with E-state index in [9.17, 15) is 9.90 Å². The molecule has 1 aliphatic heterocycles. The summed E-state index contributed by atoms with van der Waals surface area (Å²) in [5, 5.41) is 12.9. The number of pyridine rings is 1. The molecule has 1 aromatic rings. The van der Waals surface area contributed by atoms with Crippen molar-refractivity contribution >= 4 is 23.3 Å². The van der Waals surface area contributed by atoms with Gasteiger partial charge in [-0.15, -0.1) is 0 Å². The fourth-order valence-electron chi connectivity index (χ4n) is 2.20. The molecule has 2 atom stereocenters. The Bertz CT molecular complexity index is 481. The van der Waals surface area contributed by atoms with Crippen LogP contribution >= 0.6 is 11.6 Å². The van der Waals surface area contributed by atoms with Crippen molar-refractivity contribution in [3.8, 4) is 0 Å². The first kappa shape index (κ1) is 14.1. The van der Waals surface area contributed by atoms with Crippen LogP contribution in [0.5, 0.6) is 0 Å². The molecule has 2 N–H and O–H groups in total. The van der Waals surface area contributed by atoms with Gasteiger partial charge in [-0.1, -0.05) is 18.5 Å². The molecule has 2 rings (SSSR count). The van der Waals surface area contributed by atoms with Gasteiger partial charge in [0.05, 0.1) is 11.1 Å². The minimum atomic E-state index is -0.337. The standard InChI is InChI=1S/C13H18ClN3O2/c1-8-7-17(6-5-10(8)18)13(19)12-9(14)3-4-11(15-2)16-12/h3-4,8,10,18H,5-7H2,1-2H3,(H,15,16). The lowest BCUT2D eigenvalue weighted by atomic mass is 9.96. The number of amides is 1. The minimum Gasteiger partial charge on any atom is -0.393 e. The van der Waals surface area contributed by atoms with Crippen molar-refractivity contribution in [1.82, 2.24) is 9.88 Å². The van der Waals surface area contributed by atoms with Crippen LogP contribution in [0.25, 0.3) is 0 Å². The second-order valence-electron chi connectivity index (χ2n) is 4.86. The topological polar surface area (TPSA) is 65.5 Å². The maximum atomic E-state index is 12.4. The maximum Gasteiger partial charge on any atom is 0.274 e. The third-order valence-corrected chi connectivity index (χ3v) is 3.76. The number of aliphatic hydroxyl groups excluding tert-OH is 1. The van der Waals surface area contributed by atoms with E-state index < -0.39 is 0 Å². The van der Waals surface area contributed by atoms with Crippen LogP contribution in [-0.4, -0.2) is 47.1 Å². The van der Waals surface area contributed by atoms with Crippen molar-refractivity contribution in [2.24, 2.45) is 5.92 Å². The van der Waals surface area contributed by atoms with Crippen molar-refractivity contribution in [3.63, 3.8) is 0 Å². The van der Waals surface area contributed by atoms with Crippen LogP contribution in [0, 0.1) is 5.92 Å². The summed E-state index contributed by atoms with van der Waals surface area (Å²) in [6, 6.07) is 3.39. The molecular weight excluding hydrogens is 266 g/mol. The van der Waals surface area contributed by atoms with Gasteiger partial charge in [0.2, 0.25) is 0 Å². The summed E-state index contributed by atoms with van der Waals surface area (Å²) in [5.74, 6) is 0.502. The average Bonchev–Trinajstić information content (AvgIpc) is 2.41. The number of aliphatic hydroxyl groups is 1. The van der Waals surface area contributed by atoms with Gasteiger partial charge >= 0.3 is 0 Å². The monoisotopic (exact) mass is 283 g/mol. The molecule has 104 valence electrons. The Morgan fingerprint density at radius 1 is 1.58 bits per heavy atom. The van der Waals surface area contributed by atoms with E-state index in [1.54, 1.807) is 24.1 Å². The van der Waals surface area contributed by atoms with Crippen molar-refractivity contribution in [2.75, 3.05) is 25.5 Å². The molecule has 0 aromatic carbocycles. The second-order valence-corrected chi connectivity index (χ2v) is 5.27. The molecular formula is C13H18ClN3O2. The van der Waals surface area contributed by atoms with Crippen LogP contribution in [0.3, 0.4) is 0 Å². The molecule has 2 heterocycles. The molecule has 0 spiro atoms. The van der Waals surface area contributed by atoms with E-state index >= 15 is 0 Å². The zero-order chi connectivity index (χ0) is 14.0. The lowest BCUT2D eigenvalue weighted by Crippen LogP contribution is -2.45. The van der Waals surface area contributed by atoms with Gasteiger partial charge in [0.25, 0.3) is 5.91 Å². The number of piperidine rings is 1. The molecule has 1 aliphatic rings. The van der Waals surface area contributed by atoms with Crippen LogP contribution in [-0.2, 0) is 0 Å². The summed E-state index contributed by atoms with van der Waals surface area (Å²) in [6.07, 6.45) is 0.257. The highest BCUT2D eigenvalue weighted by Gasteiger charge is 2.29. The number of rotatable bonds is 2. The summed E-state index contributed by atoms with van der Waals surface area (Å²) in [4.78, 5) is 18.3. The van der Waals surface area contributed by atoms with Crippen LogP contribution < -0.4 is 5.32 Å². The molecule has 1 saturated heterocycles. The van der Waals surface area contributed by atoms with Gasteiger partial charge in [-0.25, -0.2) is 4.98 Å². The molecule has 5 nitrogen and oxygen atoms in total. The fraction of sp³-hybridized carbons (Fsp3) is 0.538. The summed E-state index contributed by atoms with van der Waals surface area (Å²) >= 11 is 6.05. The number of hydrogen-bond donors (Lipinski definition) is 2. The first-order valence-corrected chi connectivity index (χ1v) is 6.72. The van der Waals surface area contributed by atoms with E-state index in [2.05, 4.69) is 10.3 Å². The van der Waals surface area contributed by atoms with Gasteiger partial charge in [0, 0.05) is 20.1 Å². The lowest BCUT2D eigenvalue weighted by molar-refractivity contribution is 0.0294. The number of halogens is 1. The Kier molecular flexibility index (Phi) is 4.27. The number of aromatic nitrogens is 1. The van der Waals surface area contributed by atoms with Crippen LogP contribution in [0.4, 0.5) is 5.82 Å². The summed E-state index contributed by atoms with van der Waals surface area (Å²) in [6.45, 7) is 3.00. The van der Waals surface area contributed by atoms with Crippen LogP contribution in [0.1, 0.15) is 23.8 Å². The van der Waals surface area contributed by atoms with E-state index in [4.69, 9.17) is 11.6 Å². The van der Waals surface area contributed by atoms with Gasteiger partial charge in [0.1, 0.15) is 11.5 Å². The summed E-state index contributed by atoms with van der Waals surface area (Å²) < 4.78 is 0. The first-order chi connectivity index (χ1) is 9.02. The lowest BCUT2D eigenvalue weighted by Gasteiger charge is -2.34. The largest absolute Gasteiger partial charge is 0.393 e. The van der Waals surface area contributed by atoms with E-state index in [0.29, 0.717) is 30.4 Å². The molecule has 0 saturated carbocycles. The number of carbonyl (C=O) groups excluding carboxylic acids is 1. The van der Waals surface area contributed by atoms with E-state index in [1.165, 1.54) is 0 Å². The number of carbonyl (C=O) groups is 1. The van der Waals surface area contributed by atoms with Crippen LogP contribution in [0.2, 0.25) is 5.02 Å². The maximum absolute atomic E-state index is 12.4. The average molecular weight is 284 g/mol. The smallest absolute Gasteiger partial charge is 0.274 e. The summed E-state index contributed by atoms with van der Waals surface area (Å²) in [7, 11) is 1.74. The molecule has 0 radical (unpaired) electrons. The Labute approximate surface area is 117 Å². The SMILES string of the molecule is CNc1ccc(Cl)c(C(=O)N2CCC(O)C(C)C2)n1. The van der Waals surface area contributed by atoms with Gasteiger partial charge in [0.15, 0.2) is 0 Å². The number of likely N-dealkylation sites (tertiary alicyclic amines) is 1. The highest BCUT2D eigenvalue weighted by atomic mass is 35.5. The summed E-state index contributed by atoms with van der Waals surface area (Å²) in [5.41, 5.74) is 0.261. The zero-order valence-electron chi connectivity index (χ0n) is 11.1. The second kappa shape index (κ2) is 5.75. The van der Waals surface area contributed by atoms with Gasteiger partial charge in [-0.2, -0.15) is 0 Å². The first-order valence-electron chi connectivity index (χ1n) is 6.34. The highest BCUT2D eigenvalue weighted by molar-refractivity contribution is 6.33. The third kappa shape index (κ3) is 2.98. The van der Waals surface area contributed by atoms with Gasteiger partial charge in [-0.3, -0.25) is 4.79 Å². The molecule has 19 heavy (non-hydrogen) atoms. The Morgan fingerprint density at radius 3 is 2.95 bits per heavy atom. The van der Waals surface area contributed by atoms with Crippen molar-refractivity contribution in [1.29, 1.82) is 0 Å². The van der Waals surface area contributed by atoms with E-state index in [1.807, 2.05) is 6.92 Å². The molecule has 1 fully saturated rings. The molecule has 0 aliphatic carbocycles. The molecule has 6 heteroatoms. The normalized spacial score (nSPS) is 23.3. The van der Waals surface area contributed by atoms with Gasteiger partial charge in [-0.05, 0) is 24.5 Å². The molecule has 1 amide bonds. The quantitative estimate of drug-likeness (QED) is 0.866. The van der Waals surface area contributed by atoms with Crippen molar-refractivity contribution < 1.29 is 9.90 Å². The number of hydrogen-bond acceptors (Lipinski definition) is 4. The zero-order valence-corrected chi connectivity index (χ0v) is 11.8. The number of anilines is 1. The Morgan fingerprint density at radius 2 is 2.32 bits per heavy atom. The van der Waals surface area contributed by atoms with E-state index in [-0.39, 0.29) is 23.6 Å². The van der Waals surface area contributed by atoms with Crippen LogP contribution in [0.15, 0.2) is 12.1 Å². The highest BCUT2D eigenvalue weighted by Crippen LogP contribution is 2.22. The molecule has 2 unspecified atom stereocenters. The molecule has 0 bridgehead atoms. The number of nitrogens with one attached hydrogen (secondary N) is 1. The van der Waals surface area contributed by atoms with Gasteiger partial charge < -0.3 is 15.3 Å². The predicted octanol–water partition coefficient (Wildman–Crippen LogP) is 1.62. The fourth-order valence-corrected chi connectivity index (χ4v) is 2.38. The molecule has 1 aromatic heterocycles. The van der Waals surface area contributed by atoms with Crippen molar-refractivity contribution in [3.05, 3.63) is 22.8 Å². The Balaban J connectivity index is 2.20. The number of nitrogens with zero attached hydrogens (tertiary/aromatic N) is 2.